The molecule has 0 unspecified atom stereocenters. The maximum atomic E-state index is 5.85. The smallest absolute Gasteiger partial charge is 0.0406 e. The van der Waals surface area contributed by atoms with E-state index in [9.17, 15) is 0 Å². The highest BCUT2D eigenvalue weighted by Gasteiger charge is 1.93. The molecule has 0 N–H and O–H groups in total. The van der Waals surface area contributed by atoms with Crippen LogP contribution in [0.25, 0.3) is 0 Å². The van der Waals surface area contributed by atoms with E-state index in [0.29, 0.717) is 0 Å². The quantitative estimate of drug-likeness (QED) is 0.438. The Morgan fingerprint density at radius 3 is 1.35 bits per heavy atom. The van der Waals surface area contributed by atoms with Gasteiger partial charge < -0.3 is 0 Å². The largest absolute Gasteiger partial charge is 0.122 e. The minimum atomic E-state index is 0.782. The molecule has 0 aliphatic heterocycles. The SMILES string of the molecule is Clc1ccc(SC/C=C\CSc2ccc(Cl)cc2)cc1. The van der Waals surface area contributed by atoms with E-state index in [-0.39, 0.29) is 0 Å². The summed E-state index contributed by atoms with van der Waals surface area (Å²) in [5.74, 6) is 1.95. The lowest BCUT2D eigenvalue weighted by atomic mass is 10.4. The third-order valence-corrected chi connectivity index (χ3v) is 4.92. The van der Waals surface area contributed by atoms with Crippen LogP contribution in [0.5, 0.6) is 0 Å². The van der Waals surface area contributed by atoms with Crippen molar-refractivity contribution in [3.63, 3.8) is 0 Å². The Morgan fingerprint density at radius 2 is 1.00 bits per heavy atom. The molecule has 0 aromatic heterocycles. The van der Waals surface area contributed by atoms with Crippen LogP contribution < -0.4 is 0 Å². The molecule has 2 rings (SSSR count). The highest BCUT2D eigenvalue weighted by Crippen LogP contribution is 2.22. The molecule has 0 heterocycles. The summed E-state index contributed by atoms with van der Waals surface area (Å²) in [4.78, 5) is 2.48. The second-order valence-electron chi connectivity index (χ2n) is 4.00. The third kappa shape index (κ3) is 5.84. The fraction of sp³-hybridized carbons (Fsp3) is 0.125. The van der Waals surface area contributed by atoms with Gasteiger partial charge in [-0.15, -0.1) is 23.5 Å². The molecule has 0 atom stereocenters. The van der Waals surface area contributed by atoms with E-state index >= 15 is 0 Å². The summed E-state index contributed by atoms with van der Waals surface area (Å²) < 4.78 is 0. The first-order valence-electron chi connectivity index (χ1n) is 6.16. The van der Waals surface area contributed by atoms with Crippen molar-refractivity contribution in [2.24, 2.45) is 0 Å². The zero-order valence-electron chi connectivity index (χ0n) is 10.8. The van der Waals surface area contributed by atoms with Gasteiger partial charge in [-0.2, -0.15) is 0 Å². The molecule has 104 valence electrons. The number of hydrogen-bond acceptors (Lipinski definition) is 2. The van der Waals surface area contributed by atoms with Crippen LogP contribution >= 0.6 is 46.7 Å². The molecule has 2 aromatic carbocycles. The van der Waals surface area contributed by atoms with Gasteiger partial charge in [-0.3, -0.25) is 0 Å². The predicted octanol–water partition coefficient (Wildman–Crippen LogP) is 6.43. The summed E-state index contributed by atoms with van der Waals surface area (Å²) in [5.41, 5.74) is 0. The first-order valence-corrected chi connectivity index (χ1v) is 8.88. The zero-order valence-corrected chi connectivity index (χ0v) is 13.9. The molecule has 0 fully saturated rings. The van der Waals surface area contributed by atoms with Crippen LogP contribution in [0.3, 0.4) is 0 Å². The Labute approximate surface area is 138 Å². The van der Waals surface area contributed by atoms with Gasteiger partial charge in [-0.05, 0) is 48.5 Å². The highest BCUT2D eigenvalue weighted by molar-refractivity contribution is 7.99. The monoisotopic (exact) mass is 340 g/mol. The molecule has 0 aliphatic rings. The molecule has 0 spiro atoms. The Kier molecular flexibility index (Phi) is 6.88. The van der Waals surface area contributed by atoms with Crippen LogP contribution in [-0.2, 0) is 0 Å². The first kappa shape index (κ1) is 15.8. The molecule has 0 saturated carbocycles. The van der Waals surface area contributed by atoms with E-state index in [1.807, 2.05) is 48.5 Å². The molecule has 0 radical (unpaired) electrons. The summed E-state index contributed by atoms with van der Waals surface area (Å²) in [5, 5.41) is 1.56. The van der Waals surface area contributed by atoms with Crippen molar-refractivity contribution in [3.8, 4) is 0 Å². The molecule has 20 heavy (non-hydrogen) atoms. The van der Waals surface area contributed by atoms with Crippen LogP contribution in [0, 0.1) is 0 Å². The lowest BCUT2D eigenvalue weighted by molar-refractivity contribution is 1.45. The van der Waals surface area contributed by atoms with Crippen LogP contribution in [0.4, 0.5) is 0 Å². The second-order valence-corrected chi connectivity index (χ2v) is 7.06. The summed E-state index contributed by atoms with van der Waals surface area (Å²) in [6.07, 6.45) is 4.39. The summed E-state index contributed by atoms with van der Waals surface area (Å²) >= 11 is 15.3. The molecule has 0 saturated heterocycles. The number of thioether (sulfide) groups is 2. The van der Waals surface area contributed by atoms with Gasteiger partial charge in [0.25, 0.3) is 0 Å². The van der Waals surface area contributed by atoms with Gasteiger partial charge in [-0.25, -0.2) is 0 Å². The van der Waals surface area contributed by atoms with E-state index in [4.69, 9.17) is 23.2 Å². The molecule has 0 nitrogen and oxygen atoms in total. The van der Waals surface area contributed by atoms with Crippen molar-refractivity contribution in [2.75, 3.05) is 11.5 Å². The lowest BCUT2D eigenvalue weighted by Gasteiger charge is -1.99. The van der Waals surface area contributed by atoms with Crippen molar-refractivity contribution in [2.45, 2.75) is 9.79 Å². The van der Waals surface area contributed by atoms with Gasteiger partial charge in [0.05, 0.1) is 0 Å². The van der Waals surface area contributed by atoms with E-state index in [1.165, 1.54) is 9.79 Å². The number of hydrogen-bond donors (Lipinski definition) is 0. The Balaban J connectivity index is 1.67. The molecular formula is C16H14Cl2S2. The van der Waals surface area contributed by atoms with Gasteiger partial charge in [0.1, 0.15) is 0 Å². The van der Waals surface area contributed by atoms with Gasteiger partial charge in [0.15, 0.2) is 0 Å². The van der Waals surface area contributed by atoms with E-state index < -0.39 is 0 Å². The fourth-order valence-corrected chi connectivity index (χ4v) is 3.24. The Morgan fingerprint density at radius 1 is 0.650 bits per heavy atom. The minimum absolute atomic E-state index is 0.782. The van der Waals surface area contributed by atoms with Gasteiger partial charge in [-0.1, -0.05) is 35.4 Å². The molecule has 0 bridgehead atoms. The van der Waals surface area contributed by atoms with Gasteiger partial charge in [0.2, 0.25) is 0 Å². The van der Waals surface area contributed by atoms with Crippen molar-refractivity contribution in [1.82, 2.24) is 0 Å². The third-order valence-electron chi connectivity index (χ3n) is 2.49. The van der Waals surface area contributed by atoms with E-state index in [2.05, 4.69) is 12.2 Å². The summed E-state index contributed by atoms with van der Waals surface area (Å²) in [6.45, 7) is 0. The van der Waals surface area contributed by atoms with Crippen LogP contribution in [-0.4, -0.2) is 11.5 Å². The standard InChI is InChI=1S/C16H14Cl2S2/c17-13-3-7-15(8-4-13)19-11-1-2-12-20-16-9-5-14(18)6-10-16/h1-10H,11-12H2/b2-1-. The molecule has 0 amide bonds. The predicted molar refractivity (Wildman–Crippen MR) is 93.5 cm³/mol. The number of rotatable bonds is 6. The number of benzene rings is 2. The Hall–Kier alpha value is -0.540. The van der Waals surface area contributed by atoms with Crippen molar-refractivity contribution in [3.05, 3.63) is 70.7 Å². The molecule has 2 aromatic rings. The normalized spacial score (nSPS) is 11.1. The Bertz CT molecular complexity index is 496. The van der Waals surface area contributed by atoms with E-state index in [1.54, 1.807) is 23.5 Å². The zero-order chi connectivity index (χ0) is 14.2. The maximum Gasteiger partial charge on any atom is 0.0406 e. The minimum Gasteiger partial charge on any atom is -0.122 e. The highest BCUT2D eigenvalue weighted by atomic mass is 35.5. The molecular weight excluding hydrogens is 327 g/mol. The second kappa shape index (κ2) is 8.68. The summed E-state index contributed by atoms with van der Waals surface area (Å²) in [7, 11) is 0. The van der Waals surface area contributed by atoms with Crippen molar-refractivity contribution < 1.29 is 0 Å². The average Bonchev–Trinajstić information content (AvgIpc) is 2.46. The fourth-order valence-electron chi connectivity index (χ4n) is 1.49. The van der Waals surface area contributed by atoms with Crippen LogP contribution in [0.1, 0.15) is 0 Å². The number of halogens is 2. The maximum absolute atomic E-state index is 5.85. The van der Waals surface area contributed by atoms with Crippen molar-refractivity contribution >= 4 is 46.7 Å². The first-order chi connectivity index (χ1) is 9.74. The molecule has 4 heteroatoms. The van der Waals surface area contributed by atoms with Crippen LogP contribution in [0.2, 0.25) is 10.0 Å². The topological polar surface area (TPSA) is 0 Å². The lowest BCUT2D eigenvalue weighted by Crippen LogP contribution is -1.77. The van der Waals surface area contributed by atoms with E-state index in [0.717, 1.165) is 21.6 Å². The van der Waals surface area contributed by atoms with Gasteiger partial charge >= 0.3 is 0 Å². The van der Waals surface area contributed by atoms with Crippen LogP contribution in [0.15, 0.2) is 70.5 Å². The molecule has 0 aliphatic carbocycles. The van der Waals surface area contributed by atoms with Crippen molar-refractivity contribution in [1.29, 1.82) is 0 Å². The average molecular weight is 341 g/mol. The summed E-state index contributed by atoms with van der Waals surface area (Å²) in [6, 6.07) is 15.9. The van der Waals surface area contributed by atoms with Gasteiger partial charge in [0, 0.05) is 31.3 Å².